The predicted molar refractivity (Wildman–Crippen MR) is 92.5 cm³/mol. The molecule has 128 valence electrons. The van der Waals surface area contributed by atoms with Crippen molar-refractivity contribution in [1.82, 2.24) is 25.2 Å². The third-order valence-corrected chi connectivity index (χ3v) is 4.52. The lowest BCUT2D eigenvalue weighted by Crippen LogP contribution is -2.52. The van der Waals surface area contributed by atoms with Crippen molar-refractivity contribution in [3.8, 4) is 11.5 Å². The number of allylic oxidation sites excluding steroid dienone is 2. The van der Waals surface area contributed by atoms with E-state index in [1.54, 1.807) is 12.3 Å². The lowest BCUT2D eigenvalue weighted by atomic mass is 9.99. The summed E-state index contributed by atoms with van der Waals surface area (Å²) in [6.45, 7) is 2.77. The molecule has 2 aromatic heterocycles. The number of rotatable bonds is 2. The summed E-state index contributed by atoms with van der Waals surface area (Å²) in [6.07, 6.45) is 9.07. The molecule has 0 spiro atoms. The molecule has 0 saturated heterocycles. The quantitative estimate of drug-likeness (QED) is 0.816. The number of nitrogens with zero attached hydrogens (tertiary/aromatic N) is 4. The van der Waals surface area contributed by atoms with E-state index >= 15 is 0 Å². The number of fused-ring (bicyclic) bond motifs is 1. The van der Waals surface area contributed by atoms with Gasteiger partial charge in [-0.25, -0.2) is 9.97 Å². The average molecular weight is 338 g/mol. The van der Waals surface area contributed by atoms with Gasteiger partial charge in [0.05, 0.1) is 11.7 Å². The Morgan fingerprint density at radius 2 is 2.24 bits per heavy atom. The van der Waals surface area contributed by atoms with Crippen molar-refractivity contribution in [2.45, 2.75) is 25.3 Å². The lowest BCUT2D eigenvalue weighted by molar-refractivity contribution is 0.150. The molecule has 6 nitrogen and oxygen atoms in total. The van der Waals surface area contributed by atoms with Crippen molar-refractivity contribution in [3.05, 3.63) is 65.9 Å². The van der Waals surface area contributed by atoms with Gasteiger partial charge in [0.25, 0.3) is 5.92 Å². The molecule has 0 aliphatic carbocycles. The lowest BCUT2D eigenvalue weighted by Gasteiger charge is -2.40. The second-order valence-corrected chi connectivity index (χ2v) is 6.23. The van der Waals surface area contributed by atoms with Crippen molar-refractivity contribution < 1.29 is 4.39 Å². The number of aromatic nitrogens is 3. The second-order valence-electron chi connectivity index (χ2n) is 6.23. The Morgan fingerprint density at radius 1 is 1.36 bits per heavy atom. The minimum absolute atomic E-state index is 0.0163. The molecule has 0 radical (unpaired) electrons. The van der Waals surface area contributed by atoms with Gasteiger partial charge >= 0.3 is 0 Å². The zero-order valence-corrected chi connectivity index (χ0v) is 13.9. The zero-order valence-electron chi connectivity index (χ0n) is 13.9. The number of nitrogens with one attached hydrogen (secondary N) is 1. The molecule has 2 aromatic rings. The van der Waals surface area contributed by atoms with Gasteiger partial charge in [-0.05, 0) is 31.2 Å². The van der Waals surface area contributed by atoms with Crippen LogP contribution in [-0.2, 0) is 6.42 Å². The first-order valence-electron chi connectivity index (χ1n) is 8.23. The van der Waals surface area contributed by atoms with Gasteiger partial charge in [0.2, 0.25) is 0 Å². The van der Waals surface area contributed by atoms with E-state index in [9.17, 15) is 4.39 Å². The van der Waals surface area contributed by atoms with E-state index in [2.05, 4.69) is 32.1 Å². The average Bonchev–Trinajstić information content (AvgIpc) is 2.61. The topological polar surface area (TPSA) is 80.0 Å². The summed E-state index contributed by atoms with van der Waals surface area (Å²) >= 11 is 0. The largest absolute Gasteiger partial charge is 0.351 e. The molecule has 0 bridgehead atoms. The van der Waals surface area contributed by atoms with Crippen LogP contribution < -0.4 is 11.1 Å². The van der Waals surface area contributed by atoms with E-state index in [-0.39, 0.29) is 6.04 Å². The number of halogens is 1. The molecule has 2 atom stereocenters. The Hall–Kier alpha value is -2.80. The van der Waals surface area contributed by atoms with Crippen molar-refractivity contribution in [3.63, 3.8) is 0 Å². The minimum atomic E-state index is -2.02. The Kier molecular flexibility index (Phi) is 3.73. The van der Waals surface area contributed by atoms with E-state index in [0.29, 0.717) is 11.6 Å². The van der Waals surface area contributed by atoms with Crippen LogP contribution in [-0.4, -0.2) is 32.3 Å². The SMILES string of the molecule is CC1c2cnc(-c3ccccn3)nc2CCN1C1=CC=CC(N)(F)N1. The maximum atomic E-state index is 14.0. The highest BCUT2D eigenvalue weighted by molar-refractivity contribution is 5.49. The zero-order chi connectivity index (χ0) is 17.4. The molecule has 2 aliphatic rings. The van der Waals surface area contributed by atoms with Crippen LogP contribution in [0, 0.1) is 0 Å². The van der Waals surface area contributed by atoms with Crippen LogP contribution in [0.5, 0.6) is 0 Å². The molecule has 0 amide bonds. The molecule has 4 rings (SSSR count). The maximum absolute atomic E-state index is 14.0. The first kappa shape index (κ1) is 15.7. The summed E-state index contributed by atoms with van der Waals surface area (Å²) in [7, 11) is 0. The van der Waals surface area contributed by atoms with Gasteiger partial charge in [-0.2, -0.15) is 4.39 Å². The smallest absolute Gasteiger partial charge is 0.253 e. The molecule has 2 aliphatic heterocycles. The predicted octanol–water partition coefficient (Wildman–Crippen LogP) is 2.04. The highest BCUT2D eigenvalue weighted by atomic mass is 19.1. The number of alkyl halides is 1. The van der Waals surface area contributed by atoms with E-state index < -0.39 is 5.92 Å². The van der Waals surface area contributed by atoms with Gasteiger partial charge in [0, 0.05) is 30.9 Å². The van der Waals surface area contributed by atoms with Gasteiger partial charge in [0.1, 0.15) is 11.5 Å². The standard InChI is InChI=1S/C18H19FN6/c1-12-13-11-22-17(15-5-2-3-9-21-15)23-14(13)7-10-25(12)16-6-4-8-18(19,20)24-16/h2-6,8-9,11-12,24H,7,10,20H2,1H3. The highest BCUT2D eigenvalue weighted by Gasteiger charge is 2.31. The molecule has 0 aromatic carbocycles. The van der Waals surface area contributed by atoms with Crippen molar-refractivity contribution >= 4 is 0 Å². The molecule has 3 N–H and O–H groups in total. The summed E-state index contributed by atoms with van der Waals surface area (Å²) < 4.78 is 14.0. The third kappa shape index (κ3) is 2.98. The summed E-state index contributed by atoms with van der Waals surface area (Å²) in [5.41, 5.74) is 8.33. The Bertz CT molecular complexity index is 846. The van der Waals surface area contributed by atoms with Crippen LogP contribution in [0.3, 0.4) is 0 Å². The highest BCUT2D eigenvalue weighted by Crippen LogP contribution is 2.32. The van der Waals surface area contributed by atoms with Crippen LogP contribution in [0.2, 0.25) is 0 Å². The van der Waals surface area contributed by atoms with Crippen LogP contribution in [0.25, 0.3) is 11.5 Å². The molecule has 25 heavy (non-hydrogen) atoms. The summed E-state index contributed by atoms with van der Waals surface area (Å²) in [6, 6.07) is 5.69. The second kappa shape index (κ2) is 5.93. The molecule has 0 saturated carbocycles. The van der Waals surface area contributed by atoms with Gasteiger partial charge in [-0.1, -0.05) is 12.1 Å². The Morgan fingerprint density at radius 3 is 3.00 bits per heavy atom. The fourth-order valence-electron chi connectivity index (χ4n) is 3.24. The summed E-state index contributed by atoms with van der Waals surface area (Å²) in [4.78, 5) is 15.5. The number of pyridine rings is 1. The molecule has 2 unspecified atom stereocenters. The Balaban J connectivity index is 1.62. The molecule has 4 heterocycles. The monoisotopic (exact) mass is 338 g/mol. The molecule has 0 fully saturated rings. The summed E-state index contributed by atoms with van der Waals surface area (Å²) in [5, 5.41) is 2.72. The normalized spacial score (nSPS) is 25.2. The van der Waals surface area contributed by atoms with Crippen LogP contribution in [0.4, 0.5) is 4.39 Å². The fraction of sp³-hybridized carbons (Fsp3) is 0.278. The minimum Gasteiger partial charge on any atom is -0.351 e. The summed E-state index contributed by atoms with van der Waals surface area (Å²) in [5.74, 6) is -0.731. The number of dihydropyridines is 1. The Labute approximate surface area is 145 Å². The van der Waals surface area contributed by atoms with E-state index in [1.807, 2.05) is 30.5 Å². The first-order valence-corrected chi connectivity index (χ1v) is 8.23. The van der Waals surface area contributed by atoms with Crippen LogP contribution >= 0.6 is 0 Å². The molecular formula is C18H19FN6. The van der Waals surface area contributed by atoms with Crippen molar-refractivity contribution in [2.24, 2.45) is 5.73 Å². The first-order chi connectivity index (χ1) is 12.0. The number of nitrogens with two attached hydrogens (primary N) is 1. The number of hydrogen-bond acceptors (Lipinski definition) is 6. The fourth-order valence-corrected chi connectivity index (χ4v) is 3.24. The van der Waals surface area contributed by atoms with Crippen molar-refractivity contribution in [2.75, 3.05) is 6.54 Å². The van der Waals surface area contributed by atoms with Gasteiger partial charge in [-0.15, -0.1) is 0 Å². The van der Waals surface area contributed by atoms with Gasteiger partial charge in [-0.3, -0.25) is 10.7 Å². The van der Waals surface area contributed by atoms with E-state index in [1.165, 1.54) is 6.08 Å². The molecular weight excluding hydrogens is 319 g/mol. The number of hydrogen-bond donors (Lipinski definition) is 2. The van der Waals surface area contributed by atoms with Gasteiger partial charge in [0.15, 0.2) is 5.82 Å². The van der Waals surface area contributed by atoms with Crippen LogP contribution in [0.15, 0.2) is 54.6 Å². The maximum Gasteiger partial charge on any atom is 0.253 e. The third-order valence-electron chi connectivity index (χ3n) is 4.52. The molecule has 7 heteroatoms. The van der Waals surface area contributed by atoms with Gasteiger partial charge < -0.3 is 10.2 Å². The van der Waals surface area contributed by atoms with E-state index in [0.717, 1.165) is 29.9 Å². The van der Waals surface area contributed by atoms with Crippen LogP contribution in [0.1, 0.15) is 24.2 Å². The van der Waals surface area contributed by atoms with E-state index in [4.69, 9.17) is 5.73 Å². The van der Waals surface area contributed by atoms with Crippen molar-refractivity contribution in [1.29, 1.82) is 0 Å².